The van der Waals surface area contributed by atoms with Gasteiger partial charge in [0.15, 0.2) is 0 Å². The Bertz CT molecular complexity index is 146. The molecule has 0 N–H and O–H groups in total. The first-order valence-corrected chi connectivity index (χ1v) is 2.90. The molecule has 0 saturated carbocycles. The molecule has 1 heterocycles. The van der Waals surface area contributed by atoms with Gasteiger partial charge in [-0.15, -0.1) is 0 Å². The molecule has 0 aromatic rings. The minimum atomic E-state index is -0.500. The molecule has 1 fully saturated rings. The van der Waals surface area contributed by atoms with Crippen molar-refractivity contribution in [3.05, 3.63) is 0 Å². The summed E-state index contributed by atoms with van der Waals surface area (Å²) < 4.78 is 4.69. The van der Waals surface area contributed by atoms with E-state index in [1.807, 2.05) is 0 Å². The average molecular weight is 151 g/mol. The monoisotopic (exact) mass is 151 g/mol. The third-order valence-electron chi connectivity index (χ3n) is 1.37. The molecule has 51 valence electrons. The summed E-state index contributed by atoms with van der Waals surface area (Å²) >= 11 is 0. The topological polar surface area (TPSA) is 43.4 Å². The molecule has 0 aliphatic carbocycles. The zero-order valence-corrected chi connectivity index (χ0v) is 8.16. The van der Waals surface area contributed by atoms with Crippen LogP contribution in [-0.4, -0.2) is 47.9 Å². The van der Waals surface area contributed by atoms with Crippen molar-refractivity contribution in [3.63, 3.8) is 0 Å². The first kappa shape index (κ1) is 10.1. The zero-order chi connectivity index (χ0) is 6.85. The summed E-state index contributed by atoms with van der Waals surface area (Å²) in [7, 11) is 0. The summed E-state index contributed by atoms with van der Waals surface area (Å²) in [4.78, 5) is 20.6. The summed E-state index contributed by atoms with van der Waals surface area (Å²) in [5, 5.41) is 0. The van der Waals surface area contributed by atoms with E-state index in [0.717, 1.165) is 0 Å². The van der Waals surface area contributed by atoms with Gasteiger partial charge in [0, 0.05) is 36.0 Å². The molecule has 2 atom stereocenters. The fourth-order valence-corrected chi connectivity index (χ4v) is 0.899. The Labute approximate surface area is 81.4 Å². The smallest absolute Gasteiger partial charge is 0.316 e. The molecule has 0 amide bonds. The molecule has 4 heteroatoms. The first-order valence-electron chi connectivity index (χ1n) is 2.90. The molecule has 1 aliphatic rings. The summed E-state index contributed by atoms with van der Waals surface area (Å²) in [6.07, 6.45) is 1.11. The molecular weight excluding hydrogens is 143 g/mol. The van der Waals surface area contributed by atoms with Crippen LogP contribution in [0.2, 0.25) is 0 Å². The van der Waals surface area contributed by atoms with E-state index in [1.165, 1.54) is 0 Å². The molecular formula is C6H8NaO3. The van der Waals surface area contributed by atoms with E-state index >= 15 is 0 Å². The van der Waals surface area contributed by atoms with Crippen LogP contribution < -0.4 is 0 Å². The van der Waals surface area contributed by atoms with Gasteiger partial charge < -0.3 is 9.53 Å². The molecule has 1 radical (unpaired) electrons. The van der Waals surface area contributed by atoms with E-state index in [4.69, 9.17) is 4.74 Å². The van der Waals surface area contributed by atoms with Gasteiger partial charge in [-0.1, -0.05) is 0 Å². The summed E-state index contributed by atoms with van der Waals surface area (Å²) in [6, 6.07) is 0. The molecule has 1 aliphatic heterocycles. The molecule has 0 spiro atoms. The standard InChI is InChI=1S/C6H8O3.Na/c1-4-2-5(3-7)6(8)9-4;/h3-5H,2H2,1H3;. The second-order valence-electron chi connectivity index (χ2n) is 2.23. The minimum absolute atomic E-state index is 0. The van der Waals surface area contributed by atoms with Crippen molar-refractivity contribution in [3.8, 4) is 0 Å². The normalized spacial score (nSPS) is 30.7. The minimum Gasteiger partial charge on any atom is -0.462 e. The van der Waals surface area contributed by atoms with Crippen LogP contribution in [0.4, 0.5) is 0 Å². The summed E-state index contributed by atoms with van der Waals surface area (Å²) in [5.74, 6) is -0.877. The fraction of sp³-hybridized carbons (Fsp3) is 0.667. The molecule has 0 aromatic heterocycles. The van der Waals surface area contributed by atoms with Crippen LogP contribution in [0.25, 0.3) is 0 Å². The predicted molar refractivity (Wildman–Crippen MR) is 35.5 cm³/mol. The first-order chi connectivity index (χ1) is 4.24. The Morgan fingerprint density at radius 2 is 2.30 bits per heavy atom. The maximum Gasteiger partial charge on any atom is 0.316 e. The Balaban J connectivity index is 0.000000810. The molecule has 10 heavy (non-hydrogen) atoms. The summed E-state index contributed by atoms with van der Waals surface area (Å²) in [5.41, 5.74) is 0. The van der Waals surface area contributed by atoms with Crippen LogP contribution >= 0.6 is 0 Å². The molecule has 0 aromatic carbocycles. The second kappa shape index (κ2) is 4.11. The van der Waals surface area contributed by atoms with E-state index in [2.05, 4.69) is 0 Å². The number of ether oxygens (including phenoxy) is 1. The third-order valence-corrected chi connectivity index (χ3v) is 1.37. The van der Waals surface area contributed by atoms with Gasteiger partial charge in [-0.3, -0.25) is 4.79 Å². The van der Waals surface area contributed by atoms with Crippen LogP contribution in [0.1, 0.15) is 13.3 Å². The van der Waals surface area contributed by atoms with Gasteiger partial charge in [0.1, 0.15) is 18.3 Å². The third kappa shape index (κ3) is 2.08. The van der Waals surface area contributed by atoms with Crippen molar-refractivity contribution in [1.29, 1.82) is 0 Å². The van der Waals surface area contributed by atoms with E-state index in [0.29, 0.717) is 12.7 Å². The van der Waals surface area contributed by atoms with Crippen LogP contribution in [0, 0.1) is 5.92 Å². The van der Waals surface area contributed by atoms with Crippen LogP contribution in [0.5, 0.6) is 0 Å². The SMILES string of the molecule is CC1CC(C=O)C(=O)O1.[Na]. The van der Waals surface area contributed by atoms with Crippen LogP contribution in [-0.2, 0) is 14.3 Å². The number of hydrogen-bond acceptors (Lipinski definition) is 3. The molecule has 1 rings (SSSR count). The van der Waals surface area contributed by atoms with Crippen molar-refractivity contribution in [1.82, 2.24) is 0 Å². The largest absolute Gasteiger partial charge is 0.462 e. The second-order valence-corrected chi connectivity index (χ2v) is 2.23. The van der Waals surface area contributed by atoms with Crippen LogP contribution in [0.15, 0.2) is 0 Å². The van der Waals surface area contributed by atoms with Gasteiger partial charge >= 0.3 is 5.97 Å². The van der Waals surface area contributed by atoms with Crippen molar-refractivity contribution in [2.75, 3.05) is 0 Å². The summed E-state index contributed by atoms with van der Waals surface area (Å²) in [6.45, 7) is 1.78. The Morgan fingerprint density at radius 3 is 2.50 bits per heavy atom. The maximum atomic E-state index is 10.6. The number of cyclic esters (lactones) is 1. The number of carbonyl (C=O) groups is 2. The van der Waals surface area contributed by atoms with Crippen molar-refractivity contribution in [2.24, 2.45) is 5.92 Å². The van der Waals surface area contributed by atoms with E-state index in [1.54, 1.807) is 6.92 Å². The van der Waals surface area contributed by atoms with Gasteiger partial charge in [0.05, 0.1) is 0 Å². The van der Waals surface area contributed by atoms with Gasteiger partial charge in [-0.05, 0) is 6.92 Å². The zero-order valence-electron chi connectivity index (χ0n) is 6.16. The van der Waals surface area contributed by atoms with Gasteiger partial charge in [0.25, 0.3) is 0 Å². The maximum absolute atomic E-state index is 10.6. The van der Waals surface area contributed by atoms with E-state index in [-0.39, 0.29) is 41.6 Å². The van der Waals surface area contributed by atoms with E-state index < -0.39 is 5.92 Å². The number of carbonyl (C=O) groups excluding carboxylic acids is 2. The average Bonchev–Trinajstić information content (AvgIpc) is 2.10. The number of aldehydes is 1. The number of hydrogen-bond donors (Lipinski definition) is 0. The van der Waals surface area contributed by atoms with Crippen molar-refractivity contribution < 1.29 is 14.3 Å². The molecule has 1 saturated heterocycles. The van der Waals surface area contributed by atoms with Gasteiger partial charge in [-0.2, -0.15) is 0 Å². The van der Waals surface area contributed by atoms with Gasteiger partial charge in [0.2, 0.25) is 0 Å². The Hall–Kier alpha value is 0.140. The molecule has 2 unspecified atom stereocenters. The fourth-order valence-electron chi connectivity index (χ4n) is 0.899. The molecule has 3 nitrogen and oxygen atoms in total. The Kier molecular flexibility index (Phi) is 4.17. The predicted octanol–water partition coefficient (Wildman–Crippen LogP) is -0.244. The Morgan fingerprint density at radius 1 is 1.70 bits per heavy atom. The van der Waals surface area contributed by atoms with Crippen molar-refractivity contribution in [2.45, 2.75) is 19.4 Å². The molecule has 0 bridgehead atoms. The number of esters is 1. The van der Waals surface area contributed by atoms with E-state index in [9.17, 15) is 9.59 Å². The number of rotatable bonds is 1. The van der Waals surface area contributed by atoms with Crippen molar-refractivity contribution >= 4 is 41.8 Å². The van der Waals surface area contributed by atoms with Gasteiger partial charge in [-0.25, -0.2) is 0 Å². The van der Waals surface area contributed by atoms with Crippen LogP contribution in [0.3, 0.4) is 0 Å². The quantitative estimate of drug-likeness (QED) is 0.225.